The molecule has 1 fully saturated rings. The monoisotopic (exact) mass is 297 g/mol. The third-order valence-corrected chi connectivity index (χ3v) is 3.07. The number of likely N-dealkylation sites (tertiary alicyclic amines) is 1. The molecule has 0 saturated carbocycles. The fourth-order valence-corrected chi connectivity index (χ4v) is 2.21. The van der Waals surface area contributed by atoms with E-state index < -0.39 is 23.7 Å². The highest BCUT2D eigenvalue weighted by atomic mass is 16.6. The minimum Gasteiger partial charge on any atom is -0.467 e. The number of hydrogen-bond donors (Lipinski definition) is 0. The standard InChI is InChI=1S/C12H19N5O4/c1-12(2,3)21-11(19)16-6-8(17-14-7-13-15-17)5-9(16)10(18)20-4/h7-9H,5-6H2,1-4H3/t8-,9-/m0/s1. The van der Waals surface area contributed by atoms with Gasteiger partial charge in [-0.1, -0.05) is 0 Å². The molecule has 2 rings (SSSR count). The van der Waals surface area contributed by atoms with Gasteiger partial charge in [-0.25, -0.2) is 9.59 Å². The predicted octanol–water partition coefficient (Wildman–Crippen LogP) is 0.397. The first kappa shape index (κ1) is 15.2. The molecule has 0 unspecified atom stereocenters. The summed E-state index contributed by atoms with van der Waals surface area (Å²) in [6.45, 7) is 5.57. The number of rotatable bonds is 2. The van der Waals surface area contributed by atoms with Crippen LogP contribution in [0.3, 0.4) is 0 Å². The first-order chi connectivity index (χ1) is 9.81. The van der Waals surface area contributed by atoms with E-state index in [1.54, 1.807) is 20.8 Å². The van der Waals surface area contributed by atoms with Crippen LogP contribution in [-0.2, 0) is 14.3 Å². The molecule has 0 spiro atoms. The lowest BCUT2D eigenvalue weighted by atomic mass is 10.2. The molecule has 1 saturated heterocycles. The molecule has 9 heteroatoms. The summed E-state index contributed by atoms with van der Waals surface area (Å²) in [7, 11) is 1.29. The van der Waals surface area contributed by atoms with Crippen molar-refractivity contribution in [3.8, 4) is 0 Å². The highest BCUT2D eigenvalue weighted by Crippen LogP contribution is 2.28. The van der Waals surface area contributed by atoms with Gasteiger partial charge >= 0.3 is 12.1 Å². The van der Waals surface area contributed by atoms with Gasteiger partial charge in [-0.3, -0.25) is 4.90 Å². The fourth-order valence-electron chi connectivity index (χ4n) is 2.21. The minimum atomic E-state index is -0.708. The van der Waals surface area contributed by atoms with E-state index in [0.29, 0.717) is 6.42 Å². The maximum absolute atomic E-state index is 12.2. The Hall–Kier alpha value is -2.19. The van der Waals surface area contributed by atoms with Crippen molar-refractivity contribution in [2.24, 2.45) is 0 Å². The Morgan fingerprint density at radius 1 is 1.33 bits per heavy atom. The molecule has 0 N–H and O–H groups in total. The zero-order valence-electron chi connectivity index (χ0n) is 12.5. The summed E-state index contributed by atoms with van der Waals surface area (Å²) in [5, 5.41) is 11.4. The molecule has 1 aliphatic heterocycles. The number of carbonyl (C=O) groups is 2. The Kier molecular flexibility index (Phi) is 4.10. The van der Waals surface area contributed by atoms with Gasteiger partial charge in [0.2, 0.25) is 0 Å². The molecule has 21 heavy (non-hydrogen) atoms. The number of esters is 1. The van der Waals surface area contributed by atoms with Crippen LogP contribution in [0.1, 0.15) is 33.2 Å². The fraction of sp³-hybridized carbons (Fsp3) is 0.750. The molecule has 1 aromatic heterocycles. The Labute approximate surface area is 122 Å². The normalized spacial score (nSPS) is 22.2. The molecule has 2 atom stereocenters. The summed E-state index contributed by atoms with van der Waals surface area (Å²) in [5.41, 5.74) is -0.638. The molecular weight excluding hydrogens is 278 g/mol. The van der Waals surface area contributed by atoms with E-state index in [4.69, 9.17) is 9.47 Å². The Morgan fingerprint density at radius 2 is 2.05 bits per heavy atom. The largest absolute Gasteiger partial charge is 0.467 e. The van der Waals surface area contributed by atoms with Gasteiger partial charge < -0.3 is 9.47 Å². The number of tetrazole rings is 1. The molecule has 9 nitrogen and oxygen atoms in total. The second-order valence-electron chi connectivity index (χ2n) is 5.82. The third-order valence-electron chi connectivity index (χ3n) is 3.07. The lowest BCUT2D eigenvalue weighted by Crippen LogP contribution is -2.43. The van der Waals surface area contributed by atoms with Crippen LogP contribution in [0.15, 0.2) is 6.33 Å². The van der Waals surface area contributed by atoms with Gasteiger partial charge in [-0.2, -0.15) is 4.80 Å². The smallest absolute Gasteiger partial charge is 0.411 e. The number of aromatic nitrogens is 4. The average Bonchev–Trinajstić information content (AvgIpc) is 3.04. The number of hydrogen-bond acceptors (Lipinski definition) is 7. The van der Waals surface area contributed by atoms with Crippen molar-refractivity contribution in [3.63, 3.8) is 0 Å². The molecule has 1 aliphatic rings. The first-order valence-corrected chi connectivity index (χ1v) is 6.61. The molecule has 1 aromatic rings. The van der Waals surface area contributed by atoms with Crippen molar-refractivity contribution >= 4 is 12.1 Å². The molecule has 0 radical (unpaired) electrons. The van der Waals surface area contributed by atoms with E-state index in [9.17, 15) is 9.59 Å². The van der Waals surface area contributed by atoms with Crippen LogP contribution in [0.2, 0.25) is 0 Å². The van der Waals surface area contributed by atoms with Crippen molar-refractivity contribution < 1.29 is 19.1 Å². The van der Waals surface area contributed by atoms with Crippen molar-refractivity contribution in [1.29, 1.82) is 0 Å². The summed E-state index contributed by atoms with van der Waals surface area (Å²) in [4.78, 5) is 26.9. The molecule has 0 aliphatic carbocycles. The maximum atomic E-state index is 12.2. The van der Waals surface area contributed by atoms with Gasteiger partial charge in [0.15, 0.2) is 6.33 Å². The topological polar surface area (TPSA) is 99.4 Å². The number of nitrogens with zero attached hydrogens (tertiary/aromatic N) is 5. The lowest BCUT2D eigenvalue weighted by molar-refractivity contribution is -0.145. The zero-order chi connectivity index (χ0) is 15.6. The summed E-state index contributed by atoms with van der Waals surface area (Å²) in [6, 6.07) is -0.940. The van der Waals surface area contributed by atoms with Crippen LogP contribution >= 0.6 is 0 Å². The number of ether oxygens (including phenoxy) is 2. The lowest BCUT2D eigenvalue weighted by Gasteiger charge is -2.27. The van der Waals surface area contributed by atoms with Crippen molar-refractivity contribution in [1.82, 2.24) is 25.1 Å². The van der Waals surface area contributed by atoms with Crippen LogP contribution in [0.4, 0.5) is 4.79 Å². The number of methoxy groups -OCH3 is 1. The second-order valence-corrected chi connectivity index (χ2v) is 5.82. The molecule has 0 bridgehead atoms. The predicted molar refractivity (Wildman–Crippen MR) is 70.2 cm³/mol. The average molecular weight is 297 g/mol. The summed E-state index contributed by atoms with van der Waals surface area (Å²) < 4.78 is 10.1. The van der Waals surface area contributed by atoms with Crippen LogP contribution < -0.4 is 0 Å². The van der Waals surface area contributed by atoms with Gasteiger partial charge in [0.05, 0.1) is 13.2 Å². The quantitative estimate of drug-likeness (QED) is 0.728. The van der Waals surface area contributed by atoms with Crippen LogP contribution in [0.5, 0.6) is 0 Å². The van der Waals surface area contributed by atoms with E-state index in [0.717, 1.165) is 0 Å². The van der Waals surface area contributed by atoms with Crippen LogP contribution in [-0.4, -0.2) is 62.5 Å². The van der Waals surface area contributed by atoms with Crippen molar-refractivity contribution in [2.75, 3.05) is 13.7 Å². The second kappa shape index (κ2) is 5.66. The molecule has 2 heterocycles. The molecule has 116 valence electrons. The van der Waals surface area contributed by atoms with Crippen molar-refractivity contribution in [2.45, 2.75) is 44.9 Å². The van der Waals surface area contributed by atoms with Crippen LogP contribution in [0.25, 0.3) is 0 Å². The SMILES string of the molecule is COC(=O)[C@@H]1C[C@H](n2ncnn2)CN1C(=O)OC(C)(C)C. The van der Waals surface area contributed by atoms with Crippen molar-refractivity contribution in [3.05, 3.63) is 6.33 Å². The van der Waals surface area contributed by atoms with Gasteiger partial charge in [0.25, 0.3) is 0 Å². The van der Waals surface area contributed by atoms with E-state index in [2.05, 4.69) is 15.4 Å². The van der Waals surface area contributed by atoms with Gasteiger partial charge in [-0.15, -0.1) is 10.2 Å². The summed E-state index contributed by atoms with van der Waals surface area (Å²) in [6.07, 6.45) is 1.12. The maximum Gasteiger partial charge on any atom is 0.411 e. The highest BCUT2D eigenvalue weighted by molar-refractivity contribution is 5.82. The molecular formula is C12H19N5O4. The van der Waals surface area contributed by atoms with E-state index >= 15 is 0 Å². The Balaban J connectivity index is 2.16. The number of carbonyl (C=O) groups excluding carboxylic acids is 2. The minimum absolute atomic E-state index is 0.232. The molecule has 0 aromatic carbocycles. The highest BCUT2D eigenvalue weighted by Gasteiger charge is 2.43. The van der Waals surface area contributed by atoms with Gasteiger partial charge in [0, 0.05) is 13.0 Å². The molecule has 1 amide bonds. The zero-order valence-corrected chi connectivity index (χ0v) is 12.5. The van der Waals surface area contributed by atoms with Crippen LogP contribution in [0, 0.1) is 0 Å². The van der Waals surface area contributed by atoms with E-state index in [-0.39, 0.29) is 12.6 Å². The first-order valence-electron chi connectivity index (χ1n) is 6.61. The summed E-state index contributed by atoms with van der Waals surface area (Å²) in [5.74, 6) is -0.483. The Bertz CT molecular complexity index is 510. The summed E-state index contributed by atoms with van der Waals surface area (Å²) >= 11 is 0. The van der Waals surface area contributed by atoms with E-state index in [1.165, 1.54) is 23.1 Å². The Morgan fingerprint density at radius 3 is 2.57 bits per heavy atom. The van der Waals surface area contributed by atoms with E-state index in [1.807, 2.05) is 0 Å². The third kappa shape index (κ3) is 3.47. The van der Waals surface area contributed by atoms with Gasteiger partial charge in [-0.05, 0) is 26.0 Å². The van der Waals surface area contributed by atoms with Gasteiger partial charge in [0.1, 0.15) is 11.6 Å². The number of amides is 1.